The lowest BCUT2D eigenvalue weighted by Crippen LogP contribution is -2.50. The molecule has 0 aliphatic rings. The minimum Gasteiger partial charge on any atom is -0.390 e. The molecule has 0 aliphatic carbocycles. The summed E-state index contributed by atoms with van der Waals surface area (Å²) in [5, 5.41) is 12.0. The van der Waals surface area contributed by atoms with Crippen molar-refractivity contribution in [1.82, 2.24) is 9.21 Å². The first-order chi connectivity index (χ1) is 21.2. The molecule has 1 N–H and O–H groups in total. The molecule has 230 valence electrons. The molecule has 0 aliphatic heterocycles. The summed E-state index contributed by atoms with van der Waals surface area (Å²) >= 11 is 0. The molecule has 0 unspecified atom stereocenters. The molecule has 0 radical (unpaired) electrons. The van der Waals surface area contributed by atoms with E-state index in [9.17, 15) is 18.3 Å². The first-order valence-electron chi connectivity index (χ1n) is 15.3. The number of ketones is 1. The van der Waals surface area contributed by atoms with E-state index in [0.29, 0.717) is 31.4 Å². The van der Waals surface area contributed by atoms with Crippen molar-refractivity contribution in [2.75, 3.05) is 13.1 Å². The molecule has 2 atom stereocenters. The Labute approximate surface area is 263 Å². The highest BCUT2D eigenvalue weighted by Gasteiger charge is 2.33. The zero-order valence-electron chi connectivity index (χ0n) is 25.9. The molecule has 0 aromatic heterocycles. The Morgan fingerprint density at radius 2 is 1.20 bits per heavy atom. The maximum Gasteiger partial charge on any atom is 0.243 e. The third-order valence-electron chi connectivity index (χ3n) is 7.75. The topological polar surface area (TPSA) is 77.9 Å². The van der Waals surface area contributed by atoms with Gasteiger partial charge in [0.25, 0.3) is 0 Å². The predicted octanol–water partition coefficient (Wildman–Crippen LogP) is 5.24. The number of Topliss-reactive ketones (excluding diaryl/α,β-unsaturated/α-hetero) is 1. The van der Waals surface area contributed by atoms with Crippen LogP contribution in [0.4, 0.5) is 0 Å². The van der Waals surface area contributed by atoms with Gasteiger partial charge in [0.1, 0.15) is 7.85 Å². The molecule has 0 saturated carbocycles. The van der Waals surface area contributed by atoms with Crippen molar-refractivity contribution in [1.29, 1.82) is 0 Å². The van der Waals surface area contributed by atoms with E-state index in [1.807, 2.05) is 80.6 Å². The van der Waals surface area contributed by atoms with Gasteiger partial charge in [0.15, 0.2) is 5.78 Å². The second-order valence-electron chi connectivity index (χ2n) is 11.7. The fourth-order valence-corrected chi connectivity index (χ4v) is 7.09. The molecule has 0 bridgehead atoms. The van der Waals surface area contributed by atoms with Gasteiger partial charge < -0.3 is 5.11 Å². The van der Waals surface area contributed by atoms with Crippen molar-refractivity contribution in [2.45, 2.75) is 56.7 Å². The first kappa shape index (κ1) is 33.3. The molecule has 0 spiro atoms. The van der Waals surface area contributed by atoms with Crippen LogP contribution in [0.2, 0.25) is 6.32 Å². The standard InChI is InChI=1S/C36H43BN2O4S/c1-28(2)24-39(44(42,43)33-20-18-32(19-21-33)35(40)23-37)27-36(41)34(22-29-12-6-3-7-13-29)38(25-30-14-8-4-9-15-30)26-31-16-10-5-11-17-31/h3-21,28,34,36,41H,22-27,37H2,1-2H3/t34-,36+/m0/s1. The SMILES string of the molecule is BCC(=O)c1ccc(S(=O)(=O)N(CC(C)C)C[C@@H](O)[C@H](Cc2ccccc2)N(Cc2ccccc2)Cc2ccccc2)cc1. The monoisotopic (exact) mass is 610 g/mol. The van der Waals surface area contributed by atoms with Gasteiger partial charge in [-0.15, -0.1) is 0 Å². The van der Waals surface area contributed by atoms with Gasteiger partial charge in [-0.05, 0) is 47.5 Å². The van der Waals surface area contributed by atoms with Gasteiger partial charge in [-0.2, -0.15) is 4.31 Å². The van der Waals surface area contributed by atoms with Crippen LogP contribution in [0.15, 0.2) is 120 Å². The molecule has 44 heavy (non-hydrogen) atoms. The fourth-order valence-electron chi connectivity index (χ4n) is 5.46. The van der Waals surface area contributed by atoms with Crippen molar-refractivity contribution in [2.24, 2.45) is 5.92 Å². The van der Waals surface area contributed by atoms with E-state index in [1.54, 1.807) is 20.0 Å². The van der Waals surface area contributed by atoms with Crippen molar-refractivity contribution >= 4 is 23.7 Å². The zero-order valence-corrected chi connectivity index (χ0v) is 26.7. The third-order valence-corrected chi connectivity index (χ3v) is 9.60. The second-order valence-corrected chi connectivity index (χ2v) is 13.7. The summed E-state index contributed by atoms with van der Waals surface area (Å²) in [6.07, 6.45) is -0.0919. The van der Waals surface area contributed by atoms with E-state index in [-0.39, 0.29) is 35.7 Å². The molecular formula is C36H43BN2O4S. The molecule has 4 aromatic carbocycles. The van der Waals surface area contributed by atoms with Crippen LogP contribution in [0.3, 0.4) is 0 Å². The van der Waals surface area contributed by atoms with E-state index in [1.165, 1.54) is 16.4 Å². The number of rotatable bonds is 16. The number of aliphatic hydroxyl groups excluding tert-OH is 1. The van der Waals surface area contributed by atoms with E-state index in [0.717, 1.165) is 16.7 Å². The number of hydrogen-bond acceptors (Lipinski definition) is 5. The first-order valence-corrected chi connectivity index (χ1v) is 16.8. The van der Waals surface area contributed by atoms with Gasteiger partial charge in [0.05, 0.1) is 11.0 Å². The number of sulfonamides is 1. The average Bonchev–Trinajstić information content (AvgIpc) is 3.04. The highest BCUT2D eigenvalue weighted by molar-refractivity contribution is 7.89. The lowest BCUT2D eigenvalue weighted by molar-refractivity contribution is 0.0273. The van der Waals surface area contributed by atoms with Gasteiger partial charge in [-0.3, -0.25) is 9.69 Å². The Morgan fingerprint density at radius 3 is 1.66 bits per heavy atom. The van der Waals surface area contributed by atoms with Crippen LogP contribution < -0.4 is 0 Å². The molecular weight excluding hydrogens is 567 g/mol. The van der Waals surface area contributed by atoms with Crippen LogP contribution in [-0.4, -0.2) is 61.6 Å². The summed E-state index contributed by atoms with van der Waals surface area (Å²) in [7, 11) is -2.17. The third kappa shape index (κ3) is 9.22. The number of carbonyl (C=O) groups excluding carboxylic acids is 1. The summed E-state index contributed by atoms with van der Waals surface area (Å²) in [5.74, 6) is -0.000634. The summed E-state index contributed by atoms with van der Waals surface area (Å²) in [5.41, 5.74) is 3.78. The molecule has 0 saturated heterocycles. The van der Waals surface area contributed by atoms with Crippen LogP contribution in [0, 0.1) is 5.92 Å². The van der Waals surface area contributed by atoms with Crippen molar-refractivity contribution in [3.8, 4) is 0 Å². The lowest BCUT2D eigenvalue weighted by Gasteiger charge is -2.37. The van der Waals surface area contributed by atoms with Crippen LogP contribution in [-0.2, 0) is 29.5 Å². The average molecular weight is 611 g/mol. The molecule has 8 heteroatoms. The van der Waals surface area contributed by atoms with E-state index in [2.05, 4.69) is 29.2 Å². The van der Waals surface area contributed by atoms with Crippen LogP contribution in [0.5, 0.6) is 0 Å². The van der Waals surface area contributed by atoms with Crippen molar-refractivity contribution < 1.29 is 18.3 Å². The fraction of sp³-hybridized carbons (Fsp3) is 0.306. The number of benzene rings is 4. The largest absolute Gasteiger partial charge is 0.390 e. The normalized spacial score (nSPS) is 13.3. The maximum absolute atomic E-state index is 14.0. The highest BCUT2D eigenvalue weighted by atomic mass is 32.2. The van der Waals surface area contributed by atoms with Crippen LogP contribution in [0.1, 0.15) is 40.9 Å². The van der Waals surface area contributed by atoms with Gasteiger partial charge in [0, 0.05) is 37.8 Å². The van der Waals surface area contributed by atoms with E-state index >= 15 is 0 Å². The number of carbonyl (C=O) groups is 1. The zero-order chi connectivity index (χ0) is 31.5. The minimum atomic E-state index is -3.95. The molecule has 0 amide bonds. The van der Waals surface area contributed by atoms with Gasteiger partial charge in [-0.25, -0.2) is 8.42 Å². The maximum atomic E-state index is 14.0. The summed E-state index contributed by atoms with van der Waals surface area (Å²) in [6, 6.07) is 36.1. The summed E-state index contributed by atoms with van der Waals surface area (Å²) < 4.78 is 29.4. The van der Waals surface area contributed by atoms with Gasteiger partial charge in [-0.1, -0.05) is 117 Å². The Morgan fingerprint density at radius 1 is 0.727 bits per heavy atom. The van der Waals surface area contributed by atoms with E-state index < -0.39 is 16.1 Å². The summed E-state index contributed by atoms with van der Waals surface area (Å²) in [4.78, 5) is 14.5. The number of hydrogen-bond donors (Lipinski definition) is 1. The molecule has 0 heterocycles. The van der Waals surface area contributed by atoms with Gasteiger partial charge in [0.2, 0.25) is 10.0 Å². The minimum absolute atomic E-state index is 0.0373. The molecule has 6 nitrogen and oxygen atoms in total. The van der Waals surface area contributed by atoms with Crippen LogP contribution >= 0.6 is 0 Å². The Hall–Kier alpha value is -3.56. The Kier molecular flexibility index (Phi) is 12.1. The molecule has 0 fully saturated rings. The quantitative estimate of drug-likeness (QED) is 0.139. The number of nitrogens with zero attached hydrogens (tertiary/aromatic N) is 2. The molecule has 4 aromatic rings. The predicted molar refractivity (Wildman–Crippen MR) is 180 cm³/mol. The Bertz CT molecular complexity index is 1510. The van der Waals surface area contributed by atoms with Crippen molar-refractivity contribution in [3.05, 3.63) is 138 Å². The molecule has 4 rings (SSSR count). The smallest absolute Gasteiger partial charge is 0.243 e. The van der Waals surface area contributed by atoms with E-state index in [4.69, 9.17) is 0 Å². The summed E-state index contributed by atoms with van der Waals surface area (Å²) in [6.45, 7) is 5.31. The van der Waals surface area contributed by atoms with Crippen molar-refractivity contribution in [3.63, 3.8) is 0 Å². The van der Waals surface area contributed by atoms with Crippen LogP contribution in [0.25, 0.3) is 0 Å². The second kappa shape index (κ2) is 16.0. The lowest BCUT2D eigenvalue weighted by atomic mass is 9.96. The number of aliphatic hydroxyl groups is 1. The van der Waals surface area contributed by atoms with Gasteiger partial charge >= 0.3 is 0 Å². The highest BCUT2D eigenvalue weighted by Crippen LogP contribution is 2.24. The Balaban J connectivity index is 1.69.